The summed E-state index contributed by atoms with van der Waals surface area (Å²) in [6, 6.07) is 3.86. The zero-order valence-electron chi connectivity index (χ0n) is 15.8. The molecule has 0 bridgehead atoms. The van der Waals surface area contributed by atoms with Gasteiger partial charge in [0.15, 0.2) is 0 Å². The molecule has 1 saturated heterocycles. The summed E-state index contributed by atoms with van der Waals surface area (Å²) in [6.07, 6.45) is 9.80. The second-order valence-corrected chi connectivity index (χ2v) is 8.39. The van der Waals surface area contributed by atoms with E-state index >= 15 is 0 Å². The van der Waals surface area contributed by atoms with Crippen molar-refractivity contribution in [1.29, 1.82) is 0 Å². The average Bonchev–Trinajstić information content (AvgIpc) is 3.44. The van der Waals surface area contributed by atoms with Crippen LogP contribution in [0, 0.1) is 5.92 Å². The molecule has 3 heterocycles. The summed E-state index contributed by atoms with van der Waals surface area (Å²) in [6.45, 7) is 3.80. The number of nitrogens with zero attached hydrogens (tertiary/aromatic N) is 5. The predicted octanol–water partition coefficient (Wildman–Crippen LogP) is 2.31. The van der Waals surface area contributed by atoms with Gasteiger partial charge in [0.25, 0.3) is 5.56 Å². The number of hydrogen-bond acceptors (Lipinski definition) is 5. The van der Waals surface area contributed by atoms with E-state index in [0.717, 1.165) is 75.5 Å². The van der Waals surface area contributed by atoms with E-state index in [0.29, 0.717) is 11.8 Å². The molecular formula is C21H27N5O. The van der Waals surface area contributed by atoms with Gasteiger partial charge in [0, 0.05) is 31.3 Å². The summed E-state index contributed by atoms with van der Waals surface area (Å²) < 4.78 is 1.72. The Morgan fingerprint density at radius 2 is 1.96 bits per heavy atom. The van der Waals surface area contributed by atoms with Crippen molar-refractivity contribution in [1.82, 2.24) is 24.6 Å². The van der Waals surface area contributed by atoms with E-state index in [2.05, 4.69) is 15.0 Å². The van der Waals surface area contributed by atoms with Gasteiger partial charge in [0.1, 0.15) is 5.82 Å². The minimum absolute atomic E-state index is 0.0756. The van der Waals surface area contributed by atoms with Crippen molar-refractivity contribution in [3.8, 4) is 0 Å². The van der Waals surface area contributed by atoms with Gasteiger partial charge in [-0.05, 0) is 75.6 Å². The van der Waals surface area contributed by atoms with Gasteiger partial charge in [-0.1, -0.05) is 0 Å². The van der Waals surface area contributed by atoms with Gasteiger partial charge in [-0.2, -0.15) is 5.10 Å². The molecule has 1 aliphatic heterocycles. The summed E-state index contributed by atoms with van der Waals surface area (Å²) in [4.78, 5) is 24.0. The molecule has 1 saturated carbocycles. The van der Waals surface area contributed by atoms with E-state index < -0.39 is 0 Å². The number of rotatable bonds is 5. The first-order chi connectivity index (χ1) is 13.2. The van der Waals surface area contributed by atoms with Crippen molar-refractivity contribution in [3.63, 3.8) is 0 Å². The lowest BCUT2D eigenvalue weighted by atomic mass is 9.96. The number of fused-ring (bicyclic) bond motifs is 1. The van der Waals surface area contributed by atoms with Crippen LogP contribution in [0.4, 0.5) is 0 Å². The summed E-state index contributed by atoms with van der Waals surface area (Å²) >= 11 is 0. The molecule has 142 valence electrons. The molecule has 3 aliphatic rings. The van der Waals surface area contributed by atoms with Crippen LogP contribution in [-0.4, -0.2) is 37.7 Å². The number of aryl methyl sites for hydroxylation is 2. The standard InChI is InChI=1S/C21H27N5O/c27-20-12-17-2-1-3-19(17)24-26(20)13-15-7-10-25(11-8-15)14-18-6-9-22-21(23-18)16-4-5-16/h6,9,12,15-16H,1-5,7-8,10-11,13-14H2. The second kappa shape index (κ2) is 7.15. The van der Waals surface area contributed by atoms with Crippen LogP contribution in [0.1, 0.15) is 60.8 Å². The maximum Gasteiger partial charge on any atom is 0.267 e. The quantitative estimate of drug-likeness (QED) is 0.814. The SMILES string of the molecule is O=c1cc2c(nn1CC1CCN(Cc3ccnc(C4CC4)n3)CC1)CCC2. The lowest BCUT2D eigenvalue weighted by Gasteiger charge is -2.31. The van der Waals surface area contributed by atoms with Gasteiger partial charge < -0.3 is 0 Å². The maximum atomic E-state index is 12.3. The van der Waals surface area contributed by atoms with Crippen LogP contribution in [0.25, 0.3) is 0 Å². The van der Waals surface area contributed by atoms with Gasteiger partial charge in [-0.15, -0.1) is 0 Å². The Morgan fingerprint density at radius 3 is 2.78 bits per heavy atom. The smallest absolute Gasteiger partial charge is 0.267 e. The van der Waals surface area contributed by atoms with Gasteiger partial charge in [0.05, 0.1) is 11.4 Å². The molecule has 2 fully saturated rings. The Bertz CT molecular complexity index is 880. The van der Waals surface area contributed by atoms with Crippen molar-refractivity contribution in [2.45, 2.75) is 64.0 Å². The Hall–Kier alpha value is -2.08. The minimum atomic E-state index is 0.0756. The Kier molecular flexibility index (Phi) is 4.52. The largest absolute Gasteiger partial charge is 0.297 e. The molecule has 27 heavy (non-hydrogen) atoms. The van der Waals surface area contributed by atoms with Crippen molar-refractivity contribution >= 4 is 0 Å². The van der Waals surface area contributed by atoms with E-state index in [-0.39, 0.29) is 5.56 Å². The second-order valence-electron chi connectivity index (χ2n) is 8.39. The molecular weight excluding hydrogens is 338 g/mol. The first kappa shape index (κ1) is 17.0. The van der Waals surface area contributed by atoms with Crippen LogP contribution in [0.2, 0.25) is 0 Å². The molecule has 5 rings (SSSR count). The first-order valence-corrected chi connectivity index (χ1v) is 10.4. The zero-order chi connectivity index (χ0) is 18.2. The molecule has 0 radical (unpaired) electrons. The summed E-state index contributed by atoms with van der Waals surface area (Å²) in [5.41, 5.74) is 3.53. The number of hydrogen-bond donors (Lipinski definition) is 0. The number of likely N-dealkylation sites (tertiary alicyclic amines) is 1. The Labute approximate surface area is 159 Å². The number of piperidine rings is 1. The fraction of sp³-hybridized carbons (Fsp3) is 0.619. The molecule has 0 aromatic carbocycles. The third kappa shape index (κ3) is 3.81. The molecule has 0 spiro atoms. The van der Waals surface area contributed by atoms with Crippen LogP contribution in [0.3, 0.4) is 0 Å². The highest BCUT2D eigenvalue weighted by atomic mass is 16.1. The van der Waals surface area contributed by atoms with E-state index in [4.69, 9.17) is 4.98 Å². The molecule has 6 heteroatoms. The van der Waals surface area contributed by atoms with Crippen LogP contribution in [-0.2, 0) is 25.9 Å². The molecule has 0 unspecified atom stereocenters. The van der Waals surface area contributed by atoms with E-state index in [1.54, 1.807) is 4.68 Å². The molecule has 2 aromatic heterocycles. The maximum absolute atomic E-state index is 12.3. The van der Waals surface area contributed by atoms with Crippen molar-refractivity contribution in [2.75, 3.05) is 13.1 Å². The fourth-order valence-corrected chi connectivity index (χ4v) is 4.41. The lowest BCUT2D eigenvalue weighted by molar-refractivity contribution is 0.161. The van der Waals surface area contributed by atoms with Crippen molar-refractivity contribution in [2.24, 2.45) is 5.92 Å². The third-order valence-electron chi connectivity index (χ3n) is 6.22. The lowest BCUT2D eigenvalue weighted by Crippen LogP contribution is -2.36. The highest BCUT2D eigenvalue weighted by molar-refractivity contribution is 5.22. The van der Waals surface area contributed by atoms with E-state index in [1.165, 1.54) is 18.4 Å². The van der Waals surface area contributed by atoms with Crippen LogP contribution in [0.5, 0.6) is 0 Å². The summed E-state index contributed by atoms with van der Waals surface area (Å²) in [7, 11) is 0. The molecule has 0 amide bonds. The van der Waals surface area contributed by atoms with Gasteiger partial charge in [-0.25, -0.2) is 14.6 Å². The topological polar surface area (TPSA) is 63.9 Å². The van der Waals surface area contributed by atoms with Crippen LogP contribution >= 0.6 is 0 Å². The Balaban J connectivity index is 1.17. The zero-order valence-corrected chi connectivity index (χ0v) is 15.8. The molecule has 2 aliphatic carbocycles. The Morgan fingerprint density at radius 1 is 1.11 bits per heavy atom. The van der Waals surface area contributed by atoms with Crippen molar-refractivity contribution in [3.05, 3.63) is 51.5 Å². The number of aromatic nitrogens is 4. The van der Waals surface area contributed by atoms with Crippen LogP contribution in [0.15, 0.2) is 23.1 Å². The highest BCUT2D eigenvalue weighted by Crippen LogP contribution is 2.37. The molecule has 2 aromatic rings. The fourth-order valence-electron chi connectivity index (χ4n) is 4.41. The van der Waals surface area contributed by atoms with Crippen LogP contribution < -0.4 is 5.56 Å². The van der Waals surface area contributed by atoms with E-state index in [1.807, 2.05) is 18.3 Å². The summed E-state index contributed by atoms with van der Waals surface area (Å²) in [5.74, 6) is 2.18. The minimum Gasteiger partial charge on any atom is -0.297 e. The monoisotopic (exact) mass is 365 g/mol. The average molecular weight is 365 g/mol. The van der Waals surface area contributed by atoms with Crippen molar-refractivity contribution < 1.29 is 0 Å². The predicted molar refractivity (Wildman–Crippen MR) is 103 cm³/mol. The first-order valence-electron chi connectivity index (χ1n) is 10.4. The van der Waals surface area contributed by atoms with Gasteiger partial charge in [0.2, 0.25) is 0 Å². The molecule has 0 atom stereocenters. The highest BCUT2D eigenvalue weighted by Gasteiger charge is 2.27. The third-order valence-corrected chi connectivity index (χ3v) is 6.22. The van der Waals surface area contributed by atoms with Gasteiger partial charge >= 0.3 is 0 Å². The molecule has 6 nitrogen and oxygen atoms in total. The summed E-state index contributed by atoms with van der Waals surface area (Å²) in [5, 5.41) is 4.64. The van der Waals surface area contributed by atoms with E-state index in [9.17, 15) is 4.79 Å². The normalized spacial score (nSPS) is 20.7. The van der Waals surface area contributed by atoms with Gasteiger partial charge in [-0.3, -0.25) is 9.69 Å². The molecule has 0 N–H and O–H groups in total.